The zero-order valence-electron chi connectivity index (χ0n) is 8.80. The highest BCUT2D eigenvalue weighted by Crippen LogP contribution is 2.20. The third kappa shape index (κ3) is 1.48. The van der Waals surface area contributed by atoms with Gasteiger partial charge in [-0.15, -0.1) is 0 Å². The van der Waals surface area contributed by atoms with Gasteiger partial charge >= 0.3 is 5.97 Å². The molecule has 0 fully saturated rings. The average Bonchev–Trinajstić information content (AvgIpc) is 2.65. The first-order valence-electron chi connectivity index (χ1n) is 4.99. The first-order chi connectivity index (χ1) is 7.67. The smallest absolute Gasteiger partial charge is 0.335 e. The molecule has 82 valence electrons. The van der Waals surface area contributed by atoms with Crippen molar-refractivity contribution in [2.75, 3.05) is 0 Å². The SMILES string of the molecule is CCn1c(C=O)cc2ccc(C(=O)O)cc21. The number of aldehydes is 1. The Morgan fingerprint density at radius 3 is 2.75 bits per heavy atom. The number of carbonyl (C=O) groups excluding carboxylic acids is 1. The number of nitrogens with zero attached hydrogens (tertiary/aromatic N) is 1. The van der Waals surface area contributed by atoms with Gasteiger partial charge in [0.1, 0.15) is 0 Å². The van der Waals surface area contributed by atoms with Crippen LogP contribution < -0.4 is 0 Å². The van der Waals surface area contributed by atoms with E-state index in [1.165, 1.54) is 0 Å². The normalized spacial score (nSPS) is 10.6. The number of carboxylic acids is 1. The Bertz CT molecular complexity index is 569. The minimum atomic E-state index is -0.960. The first-order valence-corrected chi connectivity index (χ1v) is 4.99. The molecule has 0 saturated carbocycles. The topological polar surface area (TPSA) is 59.3 Å². The van der Waals surface area contributed by atoms with Crippen LogP contribution in [0.5, 0.6) is 0 Å². The van der Waals surface area contributed by atoms with Gasteiger partial charge in [0.15, 0.2) is 6.29 Å². The minimum Gasteiger partial charge on any atom is -0.478 e. The molecule has 0 saturated heterocycles. The molecule has 16 heavy (non-hydrogen) atoms. The van der Waals surface area contributed by atoms with E-state index in [1.807, 2.05) is 6.92 Å². The highest BCUT2D eigenvalue weighted by atomic mass is 16.4. The molecular weight excluding hydrogens is 206 g/mol. The van der Waals surface area contributed by atoms with Gasteiger partial charge < -0.3 is 9.67 Å². The maximum atomic E-state index is 10.8. The molecule has 0 aliphatic rings. The molecule has 1 heterocycles. The van der Waals surface area contributed by atoms with Crippen molar-refractivity contribution in [3.8, 4) is 0 Å². The second-order valence-corrected chi connectivity index (χ2v) is 3.51. The lowest BCUT2D eigenvalue weighted by Crippen LogP contribution is -2.00. The van der Waals surface area contributed by atoms with E-state index >= 15 is 0 Å². The first kappa shape index (κ1) is 10.4. The fourth-order valence-electron chi connectivity index (χ4n) is 1.86. The second-order valence-electron chi connectivity index (χ2n) is 3.51. The van der Waals surface area contributed by atoms with E-state index in [4.69, 9.17) is 5.11 Å². The van der Waals surface area contributed by atoms with Crippen molar-refractivity contribution in [3.05, 3.63) is 35.5 Å². The lowest BCUT2D eigenvalue weighted by Gasteiger charge is -2.03. The van der Waals surface area contributed by atoms with Crippen LogP contribution in [-0.4, -0.2) is 21.9 Å². The molecule has 2 rings (SSSR count). The number of aromatic carboxylic acids is 1. The van der Waals surface area contributed by atoms with Crippen molar-refractivity contribution < 1.29 is 14.7 Å². The number of benzene rings is 1. The summed E-state index contributed by atoms with van der Waals surface area (Å²) in [6.45, 7) is 2.56. The van der Waals surface area contributed by atoms with Crippen molar-refractivity contribution in [2.24, 2.45) is 0 Å². The van der Waals surface area contributed by atoms with Crippen LogP contribution in [0.1, 0.15) is 27.8 Å². The van der Waals surface area contributed by atoms with Gasteiger partial charge in [-0.25, -0.2) is 4.79 Å². The average molecular weight is 217 g/mol. The molecule has 2 aromatic rings. The van der Waals surface area contributed by atoms with E-state index in [-0.39, 0.29) is 5.56 Å². The van der Waals surface area contributed by atoms with Crippen LogP contribution in [0.15, 0.2) is 24.3 Å². The summed E-state index contributed by atoms with van der Waals surface area (Å²) in [5.74, 6) is -0.960. The van der Waals surface area contributed by atoms with Crippen LogP contribution in [0.3, 0.4) is 0 Å². The molecule has 1 N–H and O–H groups in total. The van der Waals surface area contributed by atoms with Gasteiger partial charge in [0.25, 0.3) is 0 Å². The Morgan fingerprint density at radius 2 is 2.19 bits per heavy atom. The van der Waals surface area contributed by atoms with Crippen molar-refractivity contribution in [1.29, 1.82) is 0 Å². The summed E-state index contributed by atoms with van der Waals surface area (Å²) < 4.78 is 1.80. The summed E-state index contributed by atoms with van der Waals surface area (Å²) >= 11 is 0. The summed E-state index contributed by atoms with van der Waals surface area (Å²) in [5.41, 5.74) is 1.59. The molecule has 1 aromatic carbocycles. The van der Waals surface area contributed by atoms with Gasteiger partial charge in [0.2, 0.25) is 0 Å². The molecule has 4 nitrogen and oxygen atoms in total. The summed E-state index contributed by atoms with van der Waals surface area (Å²) in [6, 6.07) is 6.61. The minimum absolute atomic E-state index is 0.234. The maximum Gasteiger partial charge on any atom is 0.335 e. The molecule has 0 aliphatic carbocycles. The van der Waals surface area contributed by atoms with Crippen LogP contribution >= 0.6 is 0 Å². The van der Waals surface area contributed by atoms with E-state index in [9.17, 15) is 9.59 Å². The largest absolute Gasteiger partial charge is 0.478 e. The molecule has 0 radical (unpaired) electrons. The Hall–Kier alpha value is -2.10. The lowest BCUT2D eigenvalue weighted by atomic mass is 10.1. The maximum absolute atomic E-state index is 10.8. The summed E-state index contributed by atoms with van der Waals surface area (Å²) in [7, 11) is 0. The summed E-state index contributed by atoms with van der Waals surface area (Å²) in [5, 5.41) is 9.78. The number of aromatic nitrogens is 1. The highest BCUT2D eigenvalue weighted by Gasteiger charge is 2.09. The van der Waals surface area contributed by atoms with Gasteiger partial charge in [-0.3, -0.25) is 4.79 Å². The number of hydrogen-bond acceptors (Lipinski definition) is 2. The van der Waals surface area contributed by atoms with E-state index in [0.29, 0.717) is 12.2 Å². The molecule has 0 spiro atoms. The van der Waals surface area contributed by atoms with E-state index < -0.39 is 5.97 Å². The quantitative estimate of drug-likeness (QED) is 0.801. The lowest BCUT2D eigenvalue weighted by molar-refractivity contribution is 0.0697. The third-order valence-corrected chi connectivity index (χ3v) is 2.62. The Morgan fingerprint density at radius 1 is 1.44 bits per heavy atom. The molecule has 0 bridgehead atoms. The second kappa shape index (κ2) is 3.81. The van der Waals surface area contributed by atoms with Crippen molar-refractivity contribution >= 4 is 23.2 Å². The van der Waals surface area contributed by atoms with Gasteiger partial charge in [-0.05, 0) is 25.1 Å². The fourth-order valence-corrected chi connectivity index (χ4v) is 1.86. The molecule has 4 heteroatoms. The van der Waals surface area contributed by atoms with Gasteiger partial charge in [0, 0.05) is 17.4 Å². The number of carbonyl (C=O) groups is 2. The molecule has 0 unspecified atom stereocenters. The predicted molar refractivity (Wildman–Crippen MR) is 60.0 cm³/mol. The van der Waals surface area contributed by atoms with E-state index in [0.717, 1.165) is 17.2 Å². The molecule has 1 aromatic heterocycles. The molecular formula is C12H11NO3. The number of aryl methyl sites for hydroxylation is 1. The Balaban J connectivity index is 2.75. The van der Waals surface area contributed by atoms with Crippen molar-refractivity contribution in [1.82, 2.24) is 4.57 Å². The van der Waals surface area contributed by atoms with E-state index in [2.05, 4.69) is 0 Å². The van der Waals surface area contributed by atoms with Crippen LogP contribution in [0.25, 0.3) is 10.9 Å². The number of fused-ring (bicyclic) bond motifs is 1. The van der Waals surface area contributed by atoms with E-state index in [1.54, 1.807) is 28.8 Å². The van der Waals surface area contributed by atoms with Gasteiger partial charge in [0.05, 0.1) is 11.3 Å². The highest BCUT2D eigenvalue weighted by molar-refractivity contribution is 5.95. The Kier molecular flexibility index (Phi) is 2.48. The standard InChI is InChI=1S/C12H11NO3/c1-2-13-10(7-14)5-8-3-4-9(12(15)16)6-11(8)13/h3-7H,2H2,1H3,(H,15,16). The summed E-state index contributed by atoms with van der Waals surface area (Å²) in [6.07, 6.45) is 0.782. The molecule has 0 atom stereocenters. The van der Waals surface area contributed by atoms with Gasteiger partial charge in [-0.2, -0.15) is 0 Å². The molecule has 0 aliphatic heterocycles. The van der Waals surface area contributed by atoms with Gasteiger partial charge in [-0.1, -0.05) is 6.07 Å². The van der Waals surface area contributed by atoms with Crippen LogP contribution in [0, 0.1) is 0 Å². The van der Waals surface area contributed by atoms with Crippen molar-refractivity contribution in [3.63, 3.8) is 0 Å². The zero-order valence-corrected chi connectivity index (χ0v) is 8.80. The number of hydrogen-bond donors (Lipinski definition) is 1. The molecule has 0 amide bonds. The van der Waals surface area contributed by atoms with Crippen molar-refractivity contribution in [2.45, 2.75) is 13.5 Å². The number of carboxylic acid groups (broad SMARTS) is 1. The van der Waals surface area contributed by atoms with Crippen LogP contribution in [-0.2, 0) is 6.54 Å². The van der Waals surface area contributed by atoms with Crippen LogP contribution in [0.4, 0.5) is 0 Å². The predicted octanol–water partition coefficient (Wildman–Crippen LogP) is 2.17. The monoisotopic (exact) mass is 217 g/mol. The zero-order chi connectivity index (χ0) is 11.7. The fraction of sp³-hybridized carbons (Fsp3) is 0.167. The third-order valence-electron chi connectivity index (χ3n) is 2.62. The Labute approximate surface area is 92.1 Å². The summed E-state index contributed by atoms with van der Waals surface area (Å²) in [4.78, 5) is 21.7. The van der Waals surface area contributed by atoms with Crippen LogP contribution in [0.2, 0.25) is 0 Å². The number of rotatable bonds is 3.